The van der Waals surface area contributed by atoms with Crippen LogP contribution in [0.15, 0.2) is 36.9 Å². The van der Waals surface area contributed by atoms with Crippen molar-refractivity contribution in [3.05, 3.63) is 42.5 Å². The predicted octanol–water partition coefficient (Wildman–Crippen LogP) is 5.70. The molecule has 17 heavy (non-hydrogen) atoms. The van der Waals surface area contributed by atoms with Crippen molar-refractivity contribution in [1.29, 1.82) is 0 Å². The molecule has 0 spiro atoms. The zero-order chi connectivity index (χ0) is 12.5. The van der Waals surface area contributed by atoms with E-state index in [9.17, 15) is 0 Å². The van der Waals surface area contributed by atoms with Crippen LogP contribution in [0.25, 0.3) is 5.57 Å². The van der Waals surface area contributed by atoms with Gasteiger partial charge in [-0.2, -0.15) is 0 Å². The lowest BCUT2D eigenvalue weighted by molar-refractivity contribution is 0.349. The molecule has 0 saturated heterocycles. The summed E-state index contributed by atoms with van der Waals surface area (Å²) in [6.07, 6.45) is 8.93. The molecular formula is C17H26. The van der Waals surface area contributed by atoms with Gasteiger partial charge in [-0.1, -0.05) is 87.9 Å². The van der Waals surface area contributed by atoms with Crippen LogP contribution in [0.4, 0.5) is 0 Å². The molecule has 1 fully saturated rings. The second-order valence-electron chi connectivity index (χ2n) is 5.06. The Kier molecular flexibility index (Phi) is 6.69. The van der Waals surface area contributed by atoms with E-state index in [4.69, 9.17) is 0 Å². The summed E-state index contributed by atoms with van der Waals surface area (Å²) in [5.41, 5.74) is 2.34. The summed E-state index contributed by atoms with van der Waals surface area (Å²) >= 11 is 0. The summed E-state index contributed by atoms with van der Waals surface area (Å²) in [5, 5.41) is 0. The molecule has 0 bridgehead atoms. The molecule has 0 aromatic heterocycles. The van der Waals surface area contributed by atoms with Crippen molar-refractivity contribution in [3.63, 3.8) is 0 Å². The zero-order valence-electron chi connectivity index (χ0n) is 11.4. The van der Waals surface area contributed by atoms with Crippen molar-refractivity contribution in [1.82, 2.24) is 0 Å². The molecular weight excluding hydrogens is 204 g/mol. The topological polar surface area (TPSA) is 0 Å². The largest absolute Gasteiger partial charge is 0.0955 e. The average molecular weight is 230 g/mol. The third-order valence-electron chi connectivity index (χ3n) is 3.57. The Morgan fingerprint density at radius 1 is 1.12 bits per heavy atom. The van der Waals surface area contributed by atoms with E-state index in [0.717, 1.165) is 11.5 Å². The number of allylic oxidation sites excluding steroid dienone is 1. The summed E-state index contributed by atoms with van der Waals surface area (Å²) in [7, 11) is 0. The molecule has 1 aromatic carbocycles. The first-order chi connectivity index (χ1) is 8.24. The smallest absolute Gasteiger partial charge is 0.0233 e. The van der Waals surface area contributed by atoms with Gasteiger partial charge < -0.3 is 0 Å². The van der Waals surface area contributed by atoms with Crippen LogP contribution in [0, 0.1) is 5.92 Å². The van der Waals surface area contributed by atoms with Gasteiger partial charge in [0.15, 0.2) is 0 Å². The van der Waals surface area contributed by atoms with E-state index in [0.29, 0.717) is 0 Å². The highest BCUT2D eigenvalue weighted by atomic mass is 14.2. The van der Waals surface area contributed by atoms with Gasteiger partial charge in [0.1, 0.15) is 0 Å². The fourth-order valence-corrected chi connectivity index (χ4v) is 2.32. The molecule has 0 radical (unpaired) electrons. The SMILES string of the molecule is C=C(C)c1ccccc1.CCC1CCCCC1. The van der Waals surface area contributed by atoms with Crippen molar-refractivity contribution < 1.29 is 0 Å². The summed E-state index contributed by atoms with van der Waals surface area (Å²) in [6, 6.07) is 10.2. The Bertz CT molecular complexity index is 304. The molecule has 0 unspecified atom stereocenters. The van der Waals surface area contributed by atoms with Gasteiger partial charge in [-0.15, -0.1) is 0 Å². The first kappa shape index (κ1) is 14.0. The van der Waals surface area contributed by atoms with Crippen molar-refractivity contribution in [2.75, 3.05) is 0 Å². The van der Waals surface area contributed by atoms with Gasteiger partial charge in [0, 0.05) is 0 Å². The van der Waals surface area contributed by atoms with E-state index in [-0.39, 0.29) is 0 Å². The summed E-state index contributed by atoms with van der Waals surface area (Å²) in [5.74, 6) is 1.09. The van der Waals surface area contributed by atoms with Crippen LogP contribution < -0.4 is 0 Å². The summed E-state index contributed by atoms with van der Waals surface area (Å²) in [6.45, 7) is 8.15. The molecule has 2 rings (SSSR count). The van der Waals surface area contributed by atoms with Gasteiger partial charge in [0.05, 0.1) is 0 Å². The predicted molar refractivity (Wildman–Crippen MR) is 78.0 cm³/mol. The van der Waals surface area contributed by atoms with E-state index < -0.39 is 0 Å². The molecule has 1 aliphatic carbocycles. The third kappa shape index (κ3) is 5.72. The van der Waals surface area contributed by atoms with Crippen LogP contribution in [-0.2, 0) is 0 Å². The molecule has 0 heterocycles. The molecule has 0 atom stereocenters. The molecule has 1 aromatic rings. The van der Waals surface area contributed by atoms with Crippen molar-refractivity contribution >= 4 is 5.57 Å². The molecule has 0 heteroatoms. The lowest BCUT2D eigenvalue weighted by atomic mass is 9.88. The van der Waals surface area contributed by atoms with Gasteiger partial charge in [0.2, 0.25) is 0 Å². The van der Waals surface area contributed by atoms with E-state index in [1.807, 2.05) is 25.1 Å². The summed E-state index contributed by atoms with van der Waals surface area (Å²) in [4.78, 5) is 0. The van der Waals surface area contributed by atoms with Crippen LogP contribution in [0.1, 0.15) is 57.9 Å². The Labute approximate surface area is 107 Å². The van der Waals surface area contributed by atoms with Crippen LogP contribution >= 0.6 is 0 Å². The zero-order valence-corrected chi connectivity index (χ0v) is 11.4. The maximum Gasteiger partial charge on any atom is -0.0233 e. The second-order valence-corrected chi connectivity index (χ2v) is 5.06. The van der Waals surface area contributed by atoms with Crippen LogP contribution in [0.2, 0.25) is 0 Å². The maximum absolute atomic E-state index is 3.83. The number of benzene rings is 1. The number of hydrogen-bond acceptors (Lipinski definition) is 0. The summed E-state index contributed by atoms with van der Waals surface area (Å²) < 4.78 is 0. The minimum atomic E-state index is 1.09. The van der Waals surface area contributed by atoms with Gasteiger partial charge in [-0.3, -0.25) is 0 Å². The van der Waals surface area contributed by atoms with E-state index in [2.05, 4.69) is 25.6 Å². The molecule has 0 nitrogen and oxygen atoms in total. The van der Waals surface area contributed by atoms with Crippen LogP contribution in [-0.4, -0.2) is 0 Å². The Hall–Kier alpha value is -1.04. The van der Waals surface area contributed by atoms with Crippen LogP contribution in [0.3, 0.4) is 0 Å². The molecule has 0 amide bonds. The quantitative estimate of drug-likeness (QED) is 0.611. The molecule has 1 saturated carbocycles. The average Bonchev–Trinajstić information content (AvgIpc) is 2.41. The van der Waals surface area contributed by atoms with Gasteiger partial charge >= 0.3 is 0 Å². The number of hydrogen-bond donors (Lipinski definition) is 0. The fraction of sp³-hybridized carbons (Fsp3) is 0.529. The highest BCUT2D eigenvalue weighted by molar-refractivity contribution is 5.60. The molecule has 0 aliphatic heterocycles. The lowest BCUT2D eigenvalue weighted by Crippen LogP contribution is -2.03. The van der Waals surface area contributed by atoms with Crippen molar-refractivity contribution in [2.24, 2.45) is 5.92 Å². The first-order valence-corrected chi connectivity index (χ1v) is 6.95. The first-order valence-electron chi connectivity index (χ1n) is 6.95. The monoisotopic (exact) mass is 230 g/mol. The van der Waals surface area contributed by atoms with E-state index in [1.54, 1.807) is 0 Å². The van der Waals surface area contributed by atoms with Crippen molar-refractivity contribution in [2.45, 2.75) is 52.4 Å². The minimum Gasteiger partial charge on any atom is -0.0955 e. The van der Waals surface area contributed by atoms with Crippen LogP contribution in [0.5, 0.6) is 0 Å². The normalized spacial score (nSPS) is 15.9. The Morgan fingerprint density at radius 2 is 1.71 bits per heavy atom. The third-order valence-corrected chi connectivity index (χ3v) is 3.57. The van der Waals surface area contributed by atoms with Gasteiger partial charge in [0.25, 0.3) is 0 Å². The maximum atomic E-state index is 3.83. The molecule has 94 valence electrons. The van der Waals surface area contributed by atoms with Gasteiger partial charge in [-0.05, 0) is 18.4 Å². The fourth-order valence-electron chi connectivity index (χ4n) is 2.32. The molecule has 0 N–H and O–H groups in total. The number of rotatable bonds is 2. The van der Waals surface area contributed by atoms with E-state index >= 15 is 0 Å². The Balaban J connectivity index is 0.000000171. The van der Waals surface area contributed by atoms with Crippen molar-refractivity contribution in [3.8, 4) is 0 Å². The lowest BCUT2D eigenvalue weighted by Gasteiger charge is -2.18. The van der Waals surface area contributed by atoms with Gasteiger partial charge in [-0.25, -0.2) is 0 Å². The Morgan fingerprint density at radius 3 is 2.06 bits per heavy atom. The standard InChI is InChI=1S/C9H10.C8H16/c1-8(2)9-6-4-3-5-7-9;1-2-8-6-4-3-5-7-8/h3-7H,1H2,2H3;8H,2-7H2,1H3. The highest BCUT2D eigenvalue weighted by Crippen LogP contribution is 2.25. The second kappa shape index (κ2) is 8.11. The van der Waals surface area contributed by atoms with E-state index in [1.165, 1.54) is 44.1 Å². The highest BCUT2D eigenvalue weighted by Gasteiger charge is 2.09. The molecule has 1 aliphatic rings. The minimum absolute atomic E-state index is 1.09.